The number of halogens is 1. The average molecular weight is 289 g/mol. The number of hydrogen-bond donors (Lipinski definition) is 2. The molecule has 0 radical (unpaired) electrons. The van der Waals surface area contributed by atoms with Crippen molar-refractivity contribution in [2.24, 2.45) is 0 Å². The number of hydrogen-bond acceptors (Lipinski definition) is 3. The van der Waals surface area contributed by atoms with Gasteiger partial charge in [0.1, 0.15) is 5.82 Å². The highest BCUT2D eigenvalue weighted by Gasteiger charge is 2.16. The summed E-state index contributed by atoms with van der Waals surface area (Å²) in [6, 6.07) is 3.62. The Morgan fingerprint density at radius 1 is 1.21 bits per heavy atom. The standard InChI is InChI=1S/C13H20FNO3S/c1-11-10-12(14)6-7-13(11)19(17,18)15-8-4-2-3-5-9-16/h6-7,10,15-16H,2-5,8-9H2,1H3. The van der Waals surface area contributed by atoms with Crippen LogP contribution in [0, 0.1) is 12.7 Å². The van der Waals surface area contributed by atoms with Crippen LogP contribution in [-0.4, -0.2) is 26.7 Å². The van der Waals surface area contributed by atoms with E-state index in [1.54, 1.807) is 6.92 Å². The van der Waals surface area contributed by atoms with E-state index < -0.39 is 15.8 Å². The van der Waals surface area contributed by atoms with Gasteiger partial charge in [0.15, 0.2) is 0 Å². The lowest BCUT2D eigenvalue weighted by atomic mass is 10.2. The molecule has 0 aliphatic carbocycles. The number of unbranched alkanes of at least 4 members (excludes halogenated alkanes) is 3. The van der Waals surface area contributed by atoms with Crippen molar-refractivity contribution in [1.29, 1.82) is 0 Å². The van der Waals surface area contributed by atoms with Crippen LogP contribution in [0.1, 0.15) is 31.2 Å². The van der Waals surface area contributed by atoms with Crippen molar-refractivity contribution in [3.8, 4) is 0 Å². The summed E-state index contributed by atoms with van der Waals surface area (Å²) in [5.41, 5.74) is 0.396. The van der Waals surface area contributed by atoms with Gasteiger partial charge in [0.2, 0.25) is 10.0 Å². The fraction of sp³-hybridized carbons (Fsp3) is 0.538. The maximum absolute atomic E-state index is 12.9. The van der Waals surface area contributed by atoms with Crippen LogP contribution in [0.3, 0.4) is 0 Å². The Morgan fingerprint density at radius 2 is 1.89 bits per heavy atom. The molecule has 0 bridgehead atoms. The van der Waals surface area contributed by atoms with Crippen LogP contribution in [-0.2, 0) is 10.0 Å². The lowest BCUT2D eigenvalue weighted by Gasteiger charge is -2.09. The molecule has 0 atom stereocenters. The van der Waals surface area contributed by atoms with E-state index in [4.69, 9.17) is 5.11 Å². The fourth-order valence-electron chi connectivity index (χ4n) is 1.79. The van der Waals surface area contributed by atoms with Crippen LogP contribution in [0.4, 0.5) is 4.39 Å². The Labute approximate surface area is 113 Å². The molecular formula is C13H20FNO3S. The summed E-state index contributed by atoms with van der Waals surface area (Å²) in [5.74, 6) is -0.444. The second-order valence-electron chi connectivity index (χ2n) is 4.45. The quantitative estimate of drug-likeness (QED) is 0.719. The van der Waals surface area contributed by atoms with E-state index in [0.29, 0.717) is 12.1 Å². The van der Waals surface area contributed by atoms with Gasteiger partial charge in [-0.2, -0.15) is 0 Å². The lowest BCUT2D eigenvalue weighted by Crippen LogP contribution is -2.25. The molecule has 0 aliphatic heterocycles. The van der Waals surface area contributed by atoms with Crippen molar-refractivity contribution >= 4 is 10.0 Å². The molecular weight excluding hydrogens is 269 g/mol. The number of rotatable bonds is 8. The predicted molar refractivity (Wildman–Crippen MR) is 71.9 cm³/mol. The van der Waals surface area contributed by atoms with Crippen molar-refractivity contribution < 1.29 is 17.9 Å². The van der Waals surface area contributed by atoms with Gasteiger partial charge in [-0.1, -0.05) is 12.8 Å². The number of aryl methyl sites for hydroxylation is 1. The Morgan fingerprint density at radius 3 is 2.53 bits per heavy atom. The number of benzene rings is 1. The molecule has 19 heavy (non-hydrogen) atoms. The first kappa shape index (κ1) is 16.1. The van der Waals surface area contributed by atoms with Gasteiger partial charge in [-0.05, 0) is 43.5 Å². The normalized spacial score (nSPS) is 11.7. The van der Waals surface area contributed by atoms with E-state index in [1.807, 2.05) is 0 Å². The van der Waals surface area contributed by atoms with Gasteiger partial charge >= 0.3 is 0 Å². The van der Waals surface area contributed by atoms with Crippen molar-refractivity contribution in [2.75, 3.05) is 13.2 Å². The van der Waals surface area contributed by atoms with E-state index in [-0.39, 0.29) is 11.5 Å². The Kier molecular flexibility index (Phi) is 6.41. The van der Waals surface area contributed by atoms with Crippen LogP contribution in [0.5, 0.6) is 0 Å². The second-order valence-corrected chi connectivity index (χ2v) is 6.18. The maximum atomic E-state index is 12.9. The minimum absolute atomic E-state index is 0.115. The molecule has 0 fully saturated rings. The van der Waals surface area contributed by atoms with E-state index in [9.17, 15) is 12.8 Å². The third-order valence-corrected chi connectivity index (χ3v) is 4.42. The molecule has 0 heterocycles. The lowest BCUT2D eigenvalue weighted by molar-refractivity contribution is 0.282. The average Bonchev–Trinajstić information content (AvgIpc) is 2.33. The van der Waals surface area contributed by atoms with Gasteiger partial charge < -0.3 is 5.11 Å². The topological polar surface area (TPSA) is 66.4 Å². The number of aliphatic hydroxyl groups excluding tert-OH is 1. The van der Waals surface area contributed by atoms with Gasteiger partial charge in [0.25, 0.3) is 0 Å². The Balaban J connectivity index is 2.52. The first-order valence-corrected chi connectivity index (χ1v) is 7.82. The molecule has 2 N–H and O–H groups in total. The fourth-order valence-corrected chi connectivity index (χ4v) is 3.09. The largest absolute Gasteiger partial charge is 0.396 e. The molecule has 0 spiro atoms. The minimum atomic E-state index is -3.57. The van der Waals surface area contributed by atoms with E-state index in [0.717, 1.165) is 31.7 Å². The van der Waals surface area contributed by atoms with Crippen molar-refractivity contribution in [2.45, 2.75) is 37.5 Å². The van der Waals surface area contributed by atoms with E-state index in [2.05, 4.69) is 4.72 Å². The molecule has 1 rings (SSSR count). The zero-order valence-electron chi connectivity index (χ0n) is 11.0. The van der Waals surface area contributed by atoms with Crippen LogP contribution >= 0.6 is 0 Å². The molecule has 0 saturated carbocycles. The first-order chi connectivity index (χ1) is 8.97. The molecule has 0 unspecified atom stereocenters. The summed E-state index contributed by atoms with van der Waals surface area (Å²) in [6.07, 6.45) is 3.21. The van der Waals surface area contributed by atoms with Gasteiger partial charge in [0.05, 0.1) is 4.90 Å². The summed E-state index contributed by atoms with van der Waals surface area (Å²) in [6.45, 7) is 2.09. The van der Waals surface area contributed by atoms with Gasteiger partial charge in [-0.25, -0.2) is 17.5 Å². The first-order valence-electron chi connectivity index (χ1n) is 6.34. The van der Waals surface area contributed by atoms with Crippen molar-refractivity contribution in [3.05, 3.63) is 29.6 Å². The summed E-state index contributed by atoms with van der Waals surface area (Å²) >= 11 is 0. The molecule has 0 aliphatic rings. The molecule has 1 aromatic carbocycles. The Hall–Kier alpha value is -0.980. The highest BCUT2D eigenvalue weighted by molar-refractivity contribution is 7.89. The third kappa shape index (κ3) is 5.26. The maximum Gasteiger partial charge on any atom is 0.240 e. The zero-order chi connectivity index (χ0) is 14.3. The van der Waals surface area contributed by atoms with Crippen molar-refractivity contribution in [1.82, 2.24) is 4.72 Å². The van der Waals surface area contributed by atoms with E-state index >= 15 is 0 Å². The van der Waals surface area contributed by atoms with Crippen LogP contribution < -0.4 is 4.72 Å². The van der Waals surface area contributed by atoms with Gasteiger partial charge in [-0.3, -0.25) is 0 Å². The molecule has 108 valence electrons. The molecule has 0 amide bonds. The third-order valence-electron chi connectivity index (χ3n) is 2.80. The van der Waals surface area contributed by atoms with Gasteiger partial charge in [0, 0.05) is 13.2 Å². The SMILES string of the molecule is Cc1cc(F)ccc1S(=O)(=O)NCCCCCCO. The molecule has 6 heteroatoms. The van der Waals surface area contributed by atoms with Crippen LogP contribution in [0.25, 0.3) is 0 Å². The molecule has 0 saturated heterocycles. The summed E-state index contributed by atoms with van der Waals surface area (Å²) in [7, 11) is -3.57. The smallest absolute Gasteiger partial charge is 0.240 e. The molecule has 4 nitrogen and oxygen atoms in total. The summed E-state index contributed by atoms with van der Waals surface area (Å²) in [5, 5.41) is 8.61. The van der Waals surface area contributed by atoms with E-state index in [1.165, 1.54) is 12.1 Å². The number of sulfonamides is 1. The Bertz CT molecular complexity index is 503. The minimum Gasteiger partial charge on any atom is -0.396 e. The highest BCUT2D eigenvalue weighted by Crippen LogP contribution is 2.15. The summed E-state index contributed by atoms with van der Waals surface area (Å²) in [4.78, 5) is 0.115. The highest BCUT2D eigenvalue weighted by atomic mass is 32.2. The predicted octanol–water partition coefficient (Wildman–Crippen LogP) is 1.97. The molecule has 1 aromatic rings. The monoisotopic (exact) mass is 289 g/mol. The van der Waals surface area contributed by atoms with Crippen LogP contribution in [0.2, 0.25) is 0 Å². The molecule has 0 aromatic heterocycles. The van der Waals surface area contributed by atoms with Gasteiger partial charge in [-0.15, -0.1) is 0 Å². The second kappa shape index (κ2) is 7.57. The number of aliphatic hydroxyl groups is 1. The number of nitrogens with one attached hydrogen (secondary N) is 1. The zero-order valence-corrected chi connectivity index (χ0v) is 11.8. The summed E-state index contributed by atoms with van der Waals surface area (Å²) < 4.78 is 39.4. The van der Waals surface area contributed by atoms with Crippen LogP contribution in [0.15, 0.2) is 23.1 Å². The van der Waals surface area contributed by atoms with Crippen molar-refractivity contribution in [3.63, 3.8) is 0 Å².